The summed E-state index contributed by atoms with van der Waals surface area (Å²) in [4.78, 5) is 50.1. The van der Waals surface area contributed by atoms with Gasteiger partial charge in [-0.1, -0.05) is 12.1 Å². The number of piperidine rings is 1. The van der Waals surface area contributed by atoms with E-state index in [0.29, 0.717) is 59.2 Å². The first kappa shape index (κ1) is 29.5. The predicted molar refractivity (Wildman–Crippen MR) is 133 cm³/mol. The van der Waals surface area contributed by atoms with Crippen molar-refractivity contribution in [1.29, 1.82) is 0 Å². The quantitative estimate of drug-likeness (QED) is 0.146. The van der Waals surface area contributed by atoms with E-state index in [-0.39, 0.29) is 42.2 Å². The number of nitrogens with zero attached hydrogens (tertiary/aromatic N) is 1. The molecule has 1 aromatic carbocycles. The van der Waals surface area contributed by atoms with Gasteiger partial charge in [-0.15, -0.1) is 0 Å². The van der Waals surface area contributed by atoms with Crippen molar-refractivity contribution in [1.82, 2.24) is 15.5 Å². The molecule has 2 aliphatic rings. The fraction of sp³-hybridized carbons (Fsp3) is 0.600. The van der Waals surface area contributed by atoms with Crippen molar-refractivity contribution < 1.29 is 43.2 Å². The molecule has 3 rings (SSSR count). The molecule has 0 bridgehead atoms. The molecule has 0 aliphatic carbocycles. The summed E-state index contributed by atoms with van der Waals surface area (Å²) in [5.41, 5.74) is 5.75. The highest BCUT2D eigenvalue weighted by Gasteiger charge is 2.45. The second kappa shape index (κ2) is 15.3. The van der Waals surface area contributed by atoms with Crippen LogP contribution in [0.15, 0.2) is 18.2 Å². The molecule has 2 heterocycles. The Balaban J connectivity index is 1.34. The molecule has 0 radical (unpaired) electrons. The van der Waals surface area contributed by atoms with Crippen LogP contribution in [-0.4, -0.2) is 99.0 Å². The molecule has 2 aliphatic heterocycles. The number of carbonyl (C=O) groups is 4. The van der Waals surface area contributed by atoms with Gasteiger partial charge in [0.2, 0.25) is 11.8 Å². The Kier molecular flexibility index (Phi) is 11.9. The Hall–Kier alpha value is -3.10. The van der Waals surface area contributed by atoms with Crippen molar-refractivity contribution in [3.8, 4) is 5.75 Å². The highest BCUT2D eigenvalue weighted by Crippen LogP contribution is 2.39. The lowest BCUT2D eigenvalue weighted by Gasteiger charge is -2.31. The number of nitrogens with two attached hydrogens (primary N) is 1. The first-order valence-electron chi connectivity index (χ1n) is 12.7. The highest BCUT2D eigenvalue weighted by molar-refractivity contribution is 6.06. The van der Waals surface area contributed by atoms with E-state index in [1.807, 2.05) is 0 Å². The van der Waals surface area contributed by atoms with Crippen LogP contribution in [0.5, 0.6) is 5.75 Å². The van der Waals surface area contributed by atoms with E-state index in [0.717, 1.165) is 11.3 Å². The standard InChI is InChI=1S/C25H36N4O9/c26-8-2-10-35-12-14-37-15-13-36-11-3-9-27-21(31)16-38-19-5-1-4-17-22(19)25(34)29(24(17)33)18-6-7-20(30)28-23(18)32/h1,4-5,18,24,33H,2-3,6-16,26H2,(H,27,31)(H,28,30,32). The van der Waals surface area contributed by atoms with Gasteiger partial charge in [0.15, 0.2) is 12.8 Å². The third kappa shape index (κ3) is 8.20. The number of imide groups is 1. The van der Waals surface area contributed by atoms with E-state index in [1.165, 1.54) is 6.07 Å². The molecule has 1 aromatic rings. The third-order valence-corrected chi connectivity index (χ3v) is 5.98. The van der Waals surface area contributed by atoms with E-state index in [4.69, 9.17) is 24.7 Å². The Morgan fingerprint density at radius 1 is 1.05 bits per heavy atom. The minimum atomic E-state index is -1.36. The van der Waals surface area contributed by atoms with Gasteiger partial charge in [-0.2, -0.15) is 0 Å². The molecule has 13 heteroatoms. The SMILES string of the molecule is NCCCOCCOCCOCCCNC(=O)COc1cccc2c1C(=O)N(C1CCC(=O)NC1=O)C2O. The van der Waals surface area contributed by atoms with Gasteiger partial charge in [-0.05, 0) is 31.9 Å². The van der Waals surface area contributed by atoms with Crippen LogP contribution in [0, 0.1) is 0 Å². The fourth-order valence-corrected chi connectivity index (χ4v) is 4.09. The first-order valence-corrected chi connectivity index (χ1v) is 12.7. The molecular weight excluding hydrogens is 500 g/mol. The number of benzene rings is 1. The molecule has 5 N–H and O–H groups in total. The van der Waals surface area contributed by atoms with Crippen LogP contribution in [-0.2, 0) is 28.6 Å². The van der Waals surface area contributed by atoms with Crippen LogP contribution in [0.4, 0.5) is 0 Å². The van der Waals surface area contributed by atoms with Gasteiger partial charge < -0.3 is 35.1 Å². The number of ether oxygens (including phenoxy) is 4. The van der Waals surface area contributed by atoms with Gasteiger partial charge in [0.25, 0.3) is 11.8 Å². The number of carbonyl (C=O) groups excluding carboxylic acids is 4. The summed E-state index contributed by atoms with van der Waals surface area (Å²) in [5.74, 6) is -1.91. The van der Waals surface area contributed by atoms with Crippen molar-refractivity contribution in [2.75, 3.05) is 59.3 Å². The first-order chi connectivity index (χ1) is 18.4. The van der Waals surface area contributed by atoms with Crippen molar-refractivity contribution in [3.05, 3.63) is 29.3 Å². The van der Waals surface area contributed by atoms with Gasteiger partial charge in [0.1, 0.15) is 11.8 Å². The van der Waals surface area contributed by atoms with E-state index in [2.05, 4.69) is 10.6 Å². The minimum absolute atomic E-state index is 0.0665. The predicted octanol–water partition coefficient (Wildman–Crippen LogP) is -0.778. The van der Waals surface area contributed by atoms with Crippen molar-refractivity contribution >= 4 is 23.6 Å². The Bertz CT molecular complexity index is 974. The van der Waals surface area contributed by atoms with Crippen LogP contribution in [0.3, 0.4) is 0 Å². The summed E-state index contributed by atoms with van der Waals surface area (Å²) in [6.07, 6.45) is 0.243. The van der Waals surface area contributed by atoms with E-state index < -0.39 is 30.0 Å². The van der Waals surface area contributed by atoms with Gasteiger partial charge in [-0.25, -0.2) is 0 Å². The summed E-state index contributed by atoms with van der Waals surface area (Å²) < 4.78 is 21.7. The largest absolute Gasteiger partial charge is 0.483 e. The second-order valence-corrected chi connectivity index (χ2v) is 8.74. The Morgan fingerprint density at radius 2 is 1.74 bits per heavy atom. The molecule has 1 fully saturated rings. The lowest BCUT2D eigenvalue weighted by atomic mass is 10.0. The average molecular weight is 537 g/mol. The number of aliphatic hydroxyl groups excluding tert-OH is 1. The zero-order chi connectivity index (χ0) is 27.3. The minimum Gasteiger partial charge on any atom is -0.483 e. The van der Waals surface area contributed by atoms with Gasteiger partial charge >= 0.3 is 0 Å². The van der Waals surface area contributed by atoms with Crippen molar-refractivity contribution in [2.24, 2.45) is 5.73 Å². The van der Waals surface area contributed by atoms with Crippen LogP contribution >= 0.6 is 0 Å². The zero-order valence-electron chi connectivity index (χ0n) is 21.3. The van der Waals surface area contributed by atoms with Crippen LogP contribution in [0.25, 0.3) is 0 Å². The Morgan fingerprint density at radius 3 is 2.42 bits per heavy atom. The molecule has 2 unspecified atom stereocenters. The topological polar surface area (TPSA) is 179 Å². The molecule has 0 saturated carbocycles. The molecule has 0 aromatic heterocycles. The number of hydrogen-bond donors (Lipinski definition) is 4. The summed E-state index contributed by atoms with van der Waals surface area (Å²) in [6, 6.07) is 3.69. The van der Waals surface area contributed by atoms with Crippen molar-refractivity contribution in [3.63, 3.8) is 0 Å². The summed E-state index contributed by atoms with van der Waals surface area (Å²) >= 11 is 0. The van der Waals surface area contributed by atoms with Crippen LogP contribution < -0.4 is 21.1 Å². The second-order valence-electron chi connectivity index (χ2n) is 8.74. The maximum Gasteiger partial charge on any atom is 0.261 e. The molecule has 13 nitrogen and oxygen atoms in total. The molecule has 210 valence electrons. The lowest BCUT2D eigenvalue weighted by Crippen LogP contribution is -2.53. The number of hydrogen-bond acceptors (Lipinski definition) is 10. The average Bonchev–Trinajstić information content (AvgIpc) is 3.15. The van der Waals surface area contributed by atoms with Crippen LogP contribution in [0.2, 0.25) is 0 Å². The maximum atomic E-state index is 13.1. The van der Waals surface area contributed by atoms with Gasteiger partial charge in [0.05, 0.1) is 32.0 Å². The monoisotopic (exact) mass is 536 g/mol. The summed E-state index contributed by atoms with van der Waals surface area (Å²) in [6.45, 7) is 3.64. The Labute approximate surface area is 220 Å². The van der Waals surface area contributed by atoms with E-state index in [9.17, 15) is 24.3 Å². The molecule has 4 amide bonds. The zero-order valence-corrected chi connectivity index (χ0v) is 21.3. The number of nitrogens with one attached hydrogen (secondary N) is 2. The number of amides is 4. The maximum absolute atomic E-state index is 13.1. The number of rotatable bonds is 17. The molecule has 1 saturated heterocycles. The molecule has 2 atom stereocenters. The van der Waals surface area contributed by atoms with Gasteiger partial charge in [0, 0.05) is 31.7 Å². The summed E-state index contributed by atoms with van der Waals surface area (Å²) in [7, 11) is 0. The van der Waals surface area contributed by atoms with Crippen molar-refractivity contribution in [2.45, 2.75) is 38.0 Å². The third-order valence-electron chi connectivity index (χ3n) is 5.98. The van der Waals surface area contributed by atoms with Gasteiger partial charge in [-0.3, -0.25) is 29.4 Å². The number of fused-ring (bicyclic) bond motifs is 1. The number of aliphatic hydroxyl groups is 1. The molecule has 38 heavy (non-hydrogen) atoms. The highest BCUT2D eigenvalue weighted by atomic mass is 16.5. The lowest BCUT2D eigenvalue weighted by molar-refractivity contribution is -0.139. The molecule has 0 spiro atoms. The van der Waals surface area contributed by atoms with E-state index >= 15 is 0 Å². The van der Waals surface area contributed by atoms with Crippen LogP contribution in [0.1, 0.15) is 47.8 Å². The fourth-order valence-electron chi connectivity index (χ4n) is 4.09. The normalized spacial score (nSPS) is 18.9. The van der Waals surface area contributed by atoms with E-state index in [1.54, 1.807) is 12.1 Å². The smallest absolute Gasteiger partial charge is 0.261 e. The molecular formula is C25H36N4O9. The summed E-state index contributed by atoms with van der Waals surface area (Å²) in [5, 5.41) is 15.6.